The number of amides is 1. The number of carbonyl (C=O) groups excluding carboxylic acids is 1. The number of nitrogens with zero attached hydrogens (tertiary/aromatic N) is 2. The Morgan fingerprint density at radius 2 is 1.57 bits per heavy atom. The topological polar surface area (TPSA) is 84.2 Å². The van der Waals surface area contributed by atoms with E-state index in [9.17, 15) is 9.59 Å². The molecule has 1 aromatic heterocycles. The molecule has 0 aliphatic carbocycles. The van der Waals surface area contributed by atoms with Crippen LogP contribution in [0.4, 0.5) is 0 Å². The summed E-state index contributed by atoms with van der Waals surface area (Å²) in [5.41, 5.74) is 4.45. The van der Waals surface area contributed by atoms with Gasteiger partial charge in [-0.1, -0.05) is 24.3 Å². The molecular formula is C22H17N3O3. The lowest BCUT2D eigenvalue weighted by atomic mass is 10.1. The Labute approximate surface area is 161 Å². The fourth-order valence-corrected chi connectivity index (χ4v) is 2.99. The Morgan fingerprint density at radius 1 is 0.893 bits per heavy atom. The number of carboxylic acids is 1. The minimum absolute atomic E-state index is 0.190. The number of imidazole rings is 1. The molecule has 0 atom stereocenters. The number of rotatable bonds is 5. The molecule has 0 aliphatic heterocycles. The van der Waals surface area contributed by atoms with Crippen molar-refractivity contribution in [3.8, 4) is 5.69 Å². The minimum atomic E-state index is -0.971. The number of hydrogen-bond donors (Lipinski definition) is 2. The van der Waals surface area contributed by atoms with Crippen LogP contribution in [0.3, 0.4) is 0 Å². The summed E-state index contributed by atoms with van der Waals surface area (Å²) in [7, 11) is 0. The SMILES string of the molecule is O=C(O)c1ccc(CNC(=O)c2ccc(-n3cnc4ccccc43)cc2)cc1. The van der Waals surface area contributed by atoms with Crippen molar-refractivity contribution >= 4 is 22.9 Å². The highest BCUT2D eigenvalue weighted by Crippen LogP contribution is 2.18. The zero-order chi connectivity index (χ0) is 19.5. The molecule has 3 aromatic carbocycles. The molecule has 0 unspecified atom stereocenters. The molecular weight excluding hydrogens is 354 g/mol. The molecule has 4 aromatic rings. The first kappa shape index (κ1) is 17.5. The van der Waals surface area contributed by atoms with Crippen molar-refractivity contribution in [2.75, 3.05) is 0 Å². The second-order valence-corrected chi connectivity index (χ2v) is 6.33. The Balaban J connectivity index is 1.44. The first-order chi connectivity index (χ1) is 13.6. The van der Waals surface area contributed by atoms with Crippen LogP contribution in [0.25, 0.3) is 16.7 Å². The van der Waals surface area contributed by atoms with Crippen LogP contribution in [-0.2, 0) is 6.54 Å². The Hall–Kier alpha value is -3.93. The van der Waals surface area contributed by atoms with Gasteiger partial charge in [-0.25, -0.2) is 9.78 Å². The van der Waals surface area contributed by atoms with E-state index in [0.29, 0.717) is 12.1 Å². The summed E-state index contributed by atoms with van der Waals surface area (Å²) in [5.74, 6) is -1.16. The summed E-state index contributed by atoms with van der Waals surface area (Å²) in [6.45, 7) is 0.326. The second-order valence-electron chi connectivity index (χ2n) is 6.33. The van der Waals surface area contributed by atoms with Crippen molar-refractivity contribution < 1.29 is 14.7 Å². The van der Waals surface area contributed by atoms with Gasteiger partial charge in [-0.3, -0.25) is 9.36 Å². The number of para-hydroxylation sites is 2. The fraction of sp³-hybridized carbons (Fsp3) is 0.0455. The normalized spacial score (nSPS) is 10.7. The maximum atomic E-state index is 12.4. The van der Waals surface area contributed by atoms with Gasteiger partial charge in [-0.2, -0.15) is 0 Å². The Morgan fingerprint density at radius 3 is 2.29 bits per heavy atom. The van der Waals surface area contributed by atoms with E-state index in [4.69, 9.17) is 5.11 Å². The highest BCUT2D eigenvalue weighted by atomic mass is 16.4. The van der Waals surface area contributed by atoms with E-state index >= 15 is 0 Å². The Kier molecular flexibility index (Phi) is 4.60. The standard InChI is InChI=1S/C22H17N3O3/c26-21(23-13-15-5-7-17(8-6-15)22(27)28)16-9-11-18(12-10-16)25-14-24-19-3-1-2-4-20(19)25/h1-12,14H,13H2,(H,23,26)(H,27,28). The first-order valence-corrected chi connectivity index (χ1v) is 8.75. The van der Waals surface area contributed by atoms with Gasteiger partial charge in [0.2, 0.25) is 0 Å². The molecule has 6 heteroatoms. The van der Waals surface area contributed by atoms with Crippen LogP contribution in [0, 0.1) is 0 Å². The van der Waals surface area contributed by atoms with Gasteiger partial charge in [0.15, 0.2) is 0 Å². The van der Waals surface area contributed by atoms with Gasteiger partial charge in [0.1, 0.15) is 6.33 Å². The smallest absolute Gasteiger partial charge is 0.335 e. The van der Waals surface area contributed by atoms with Crippen molar-refractivity contribution in [3.63, 3.8) is 0 Å². The number of aromatic nitrogens is 2. The van der Waals surface area contributed by atoms with E-state index in [-0.39, 0.29) is 11.5 Å². The van der Waals surface area contributed by atoms with Crippen molar-refractivity contribution in [1.82, 2.24) is 14.9 Å². The van der Waals surface area contributed by atoms with Crippen LogP contribution in [0.1, 0.15) is 26.3 Å². The van der Waals surface area contributed by atoms with E-state index in [0.717, 1.165) is 22.3 Å². The van der Waals surface area contributed by atoms with Crippen LogP contribution in [0.15, 0.2) is 79.1 Å². The number of fused-ring (bicyclic) bond motifs is 1. The molecule has 0 fully saturated rings. The Bertz CT molecular complexity index is 1150. The van der Waals surface area contributed by atoms with E-state index in [2.05, 4.69) is 10.3 Å². The molecule has 0 bridgehead atoms. The third kappa shape index (κ3) is 3.48. The highest BCUT2D eigenvalue weighted by Gasteiger charge is 2.08. The van der Waals surface area contributed by atoms with E-state index < -0.39 is 5.97 Å². The molecule has 4 rings (SSSR count). The predicted molar refractivity (Wildman–Crippen MR) is 106 cm³/mol. The summed E-state index contributed by atoms with van der Waals surface area (Å²) < 4.78 is 1.97. The van der Waals surface area contributed by atoms with Crippen LogP contribution < -0.4 is 5.32 Å². The average molecular weight is 371 g/mol. The van der Waals surface area contributed by atoms with Crippen LogP contribution in [-0.4, -0.2) is 26.5 Å². The van der Waals surface area contributed by atoms with E-state index in [1.807, 2.05) is 41.0 Å². The summed E-state index contributed by atoms with van der Waals surface area (Å²) >= 11 is 0. The molecule has 0 saturated carbocycles. The number of nitrogens with one attached hydrogen (secondary N) is 1. The molecule has 0 aliphatic rings. The lowest BCUT2D eigenvalue weighted by molar-refractivity contribution is 0.0696. The van der Waals surface area contributed by atoms with E-state index in [1.165, 1.54) is 12.1 Å². The highest BCUT2D eigenvalue weighted by molar-refractivity contribution is 5.94. The number of carbonyl (C=O) groups is 2. The van der Waals surface area contributed by atoms with Crippen LogP contribution in [0.2, 0.25) is 0 Å². The van der Waals surface area contributed by atoms with Crippen molar-refractivity contribution in [2.45, 2.75) is 6.54 Å². The third-order valence-electron chi connectivity index (χ3n) is 4.52. The van der Waals surface area contributed by atoms with E-state index in [1.54, 1.807) is 30.6 Å². The zero-order valence-corrected chi connectivity index (χ0v) is 14.9. The summed E-state index contributed by atoms with van der Waals surface area (Å²) in [6.07, 6.45) is 1.76. The number of aromatic carboxylic acids is 1. The predicted octanol–water partition coefficient (Wildman–Crippen LogP) is 3.65. The van der Waals surface area contributed by atoms with Gasteiger partial charge in [0.05, 0.1) is 16.6 Å². The molecule has 0 saturated heterocycles. The average Bonchev–Trinajstić information content (AvgIpc) is 3.16. The molecule has 138 valence electrons. The summed E-state index contributed by atoms with van der Waals surface area (Å²) in [4.78, 5) is 27.6. The van der Waals surface area contributed by atoms with Crippen molar-refractivity contribution in [2.24, 2.45) is 0 Å². The molecule has 1 amide bonds. The molecule has 28 heavy (non-hydrogen) atoms. The van der Waals surface area contributed by atoms with Crippen LogP contribution in [0.5, 0.6) is 0 Å². The monoisotopic (exact) mass is 371 g/mol. The van der Waals surface area contributed by atoms with Gasteiger partial charge in [-0.15, -0.1) is 0 Å². The maximum Gasteiger partial charge on any atom is 0.335 e. The van der Waals surface area contributed by atoms with Crippen LogP contribution >= 0.6 is 0 Å². The van der Waals surface area contributed by atoms with Gasteiger partial charge in [0.25, 0.3) is 5.91 Å². The largest absolute Gasteiger partial charge is 0.478 e. The quantitative estimate of drug-likeness (QED) is 0.561. The summed E-state index contributed by atoms with van der Waals surface area (Å²) in [6, 6.07) is 21.6. The number of benzene rings is 3. The molecule has 0 radical (unpaired) electrons. The summed E-state index contributed by atoms with van der Waals surface area (Å²) in [5, 5.41) is 11.8. The molecule has 0 spiro atoms. The fourth-order valence-electron chi connectivity index (χ4n) is 2.99. The van der Waals surface area contributed by atoms with Gasteiger partial charge in [0, 0.05) is 17.8 Å². The zero-order valence-electron chi connectivity index (χ0n) is 14.9. The second kappa shape index (κ2) is 7.36. The third-order valence-corrected chi connectivity index (χ3v) is 4.52. The van der Waals surface area contributed by atoms with Gasteiger partial charge >= 0.3 is 5.97 Å². The van der Waals surface area contributed by atoms with Gasteiger partial charge < -0.3 is 10.4 Å². The maximum absolute atomic E-state index is 12.4. The first-order valence-electron chi connectivity index (χ1n) is 8.75. The lowest BCUT2D eigenvalue weighted by Crippen LogP contribution is -2.22. The molecule has 2 N–H and O–H groups in total. The molecule has 6 nitrogen and oxygen atoms in total. The lowest BCUT2D eigenvalue weighted by Gasteiger charge is -2.08. The van der Waals surface area contributed by atoms with Gasteiger partial charge in [-0.05, 0) is 54.1 Å². The number of carboxylic acid groups (broad SMARTS) is 1. The number of hydrogen-bond acceptors (Lipinski definition) is 3. The van der Waals surface area contributed by atoms with Crippen molar-refractivity contribution in [1.29, 1.82) is 0 Å². The minimum Gasteiger partial charge on any atom is -0.478 e. The molecule has 1 heterocycles. The van der Waals surface area contributed by atoms with Crippen molar-refractivity contribution in [3.05, 3.63) is 95.8 Å².